The number of para-hydroxylation sites is 1. The Morgan fingerprint density at radius 3 is 2.77 bits per heavy atom. The van der Waals surface area contributed by atoms with Crippen molar-refractivity contribution < 1.29 is 9.53 Å². The van der Waals surface area contributed by atoms with E-state index in [9.17, 15) is 9.59 Å². The summed E-state index contributed by atoms with van der Waals surface area (Å²) in [6.07, 6.45) is 3.15. The van der Waals surface area contributed by atoms with Crippen LogP contribution in [0.1, 0.15) is 18.9 Å². The maximum absolute atomic E-state index is 12.6. The second kappa shape index (κ2) is 6.27. The predicted octanol–water partition coefficient (Wildman–Crippen LogP) is 1.21. The van der Waals surface area contributed by atoms with Gasteiger partial charge in [-0.15, -0.1) is 0 Å². The Kier molecular flexibility index (Phi) is 4.20. The molecule has 1 saturated heterocycles. The molecule has 1 aromatic heterocycles. The number of amides is 1. The number of nitrogens with zero attached hydrogens (tertiary/aromatic N) is 3. The highest BCUT2D eigenvalue weighted by Crippen LogP contribution is 2.21. The van der Waals surface area contributed by atoms with E-state index < -0.39 is 0 Å². The molecule has 1 aromatic carbocycles. The number of fused-ring (bicyclic) bond motifs is 1. The van der Waals surface area contributed by atoms with Gasteiger partial charge in [-0.2, -0.15) is 0 Å². The molecular formula is C16H19N3O3. The third kappa shape index (κ3) is 2.74. The van der Waals surface area contributed by atoms with Gasteiger partial charge < -0.3 is 9.64 Å². The van der Waals surface area contributed by atoms with Gasteiger partial charge in [0.2, 0.25) is 5.91 Å². The standard InChI is InChI=1S/C16H19N3O3/c1-22-10-15(20)18-8-6-12(7-9-18)19-11-17-14-5-3-2-4-13(14)16(19)21/h2-5,11-12H,6-10H2,1H3. The zero-order valence-corrected chi connectivity index (χ0v) is 12.6. The lowest BCUT2D eigenvalue weighted by Gasteiger charge is -2.32. The van der Waals surface area contributed by atoms with Gasteiger partial charge in [0.05, 0.1) is 17.2 Å². The molecule has 2 aromatic rings. The molecule has 0 radical (unpaired) electrons. The first kappa shape index (κ1) is 14.7. The Hall–Kier alpha value is -2.21. The van der Waals surface area contributed by atoms with Crippen molar-refractivity contribution in [2.24, 2.45) is 0 Å². The number of ether oxygens (including phenoxy) is 1. The minimum Gasteiger partial charge on any atom is -0.375 e. The van der Waals surface area contributed by atoms with Crippen LogP contribution in [0.3, 0.4) is 0 Å². The Morgan fingerprint density at radius 1 is 1.32 bits per heavy atom. The van der Waals surface area contributed by atoms with E-state index in [1.54, 1.807) is 21.9 Å². The molecule has 0 aliphatic carbocycles. The number of piperidine rings is 1. The Balaban J connectivity index is 1.78. The van der Waals surface area contributed by atoms with E-state index in [4.69, 9.17) is 4.74 Å². The first-order valence-electron chi connectivity index (χ1n) is 7.43. The van der Waals surface area contributed by atoms with Crippen LogP contribution in [-0.4, -0.2) is 47.2 Å². The van der Waals surface area contributed by atoms with Crippen LogP contribution in [0.5, 0.6) is 0 Å². The molecule has 0 atom stereocenters. The molecular weight excluding hydrogens is 282 g/mol. The summed E-state index contributed by atoms with van der Waals surface area (Å²) in [6.45, 7) is 1.40. The average Bonchev–Trinajstić information content (AvgIpc) is 2.56. The van der Waals surface area contributed by atoms with Crippen LogP contribution in [0.25, 0.3) is 10.9 Å². The molecule has 0 bridgehead atoms. The molecule has 6 nitrogen and oxygen atoms in total. The van der Waals surface area contributed by atoms with Gasteiger partial charge in [-0.1, -0.05) is 12.1 Å². The monoisotopic (exact) mass is 301 g/mol. The zero-order valence-electron chi connectivity index (χ0n) is 12.6. The molecule has 22 heavy (non-hydrogen) atoms. The van der Waals surface area contributed by atoms with Crippen molar-refractivity contribution in [1.82, 2.24) is 14.5 Å². The lowest BCUT2D eigenvalue weighted by Crippen LogP contribution is -2.42. The van der Waals surface area contributed by atoms with Gasteiger partial charge in [0.1, 0.15) is 6.61 Å². The summed E-state index contributed by atoms with van der Waals surface area (Å²) in [5.41, 5.74) is 0.712. The molecule has 1 fully saturated rings. The number of rotatable bonds is 3. The second-order valence-electron chi connectivity index (χ2n) is 5.52. The number of hydrogen-bond acceptors (Lipinski definition) is 4. The first-order chi connectivity index (χ1) is 10.7. The normalized spacial score (nSPS) is 16.1. The van der Waals surface area contributed by atoms with Gasteiger partial charge in [-0.25, -0.2) is 4.98 Å². The van der Waals surface area contributed by atoms with Crippen molar-refractivity contribution in [2.45, 2.75) is 18.9 Å². The van der Waals surface area contributed by atoms with Crippen LogP contribution < -0.4 is 5.56 Å². The van der Waals surface area contributed by atoms with E-state index in [0.717, 1.165) is 18.4 Å². The SMILES string of the molecule is COCC(=O)N1CCC(n2cnc3ccccc3c2=O)CC1. The van der Waals surface area contributed by atoms with Crippen molar-refractivity contribution in [3.8, 4) is 0 Å². The molecule has 0 saturated carbocycles. The second-order valence-corrected chi connectivity index (χ2v) is 5.52. The molecule has 0 N–H and O–H groups in total. The van der Waals surface area contributed by atoms with E-state index in [-0.39, 0.29) is 24.1 Å². The van der Waals surface area contributed by atoms with Crippen LogP contribution in [-0.2, 0) is 9.53 Å². The summed E-state index contributed by atoms with van der Waals surface area (Å²) in [5.74, 6) is 0.00457. The maximum Gasteiger partial charge on any atom is 0.261 e. The van der Waals surface area contributed by atoms with E-state index in [1.165, 1.54) is 7.11 Å². The summed E-state index contributed by atoms with van der Waals surface area (Å²) in [7, 11) is 1.52. The van der Waals surface area contributed by atoms with Gasteiger partial charge in [-0.05, 0) is 25.0 Å². The van der Waals surface area contributed by atoms with Crippen molar-refractivity contribution in [1.29, 1.82) is 0 Å². The highest BCUT2D eigenvalue weighted by Gasteiger charge is 2.24. The molecule has 2 heterocycles. The van der Waals surface area contributed by atoms with Crippen LogP contribution >= 0.6 is 0 Å². The predicted molar refractivity (Wildman–Crippen MR) is 82.7 cm³/mol. The minimum absolute atomic E-state index is 0.00457. The van der Waals surface area contributed by atoms with E-state index in [1.807, 2.05) is 18.2 Å². The minimum atomic E-state index is -0.00716. The summed E-state index contributed by atoms with van der Waals surface area (Å²) in [6, 6.07) is 7.46. The molecule has 0 unspecified atom stereocenters. The molecule has 0 spiro atoms. The van der Waals surface area contributed by atoms with E-state index in [2.05, 4.69) is 4.98 Å². The Morgan fingerprint density at radius 2 is 2.05 bits per heavy atom. The number of likely N-dealkylation sites (tertiary alicyclic amines) is 1. The fraction of sp³-hybridized carbons (Fsp3) is 0.438. The molecule has 116 valence electrons. The molecule has 6 heteroatoms. The molecule has 1 aliphatic rings. The van der Waals surface area contributed by atoms with Gasteiger partial charge in [-0.3, -0.25) is 14.2 Å². The van der Waals surface area contributed by atoms with Gasteiger partial charge in [0.15, 0.2) is 0 Å². The molecule has 1 aliphatic heterocycles. The van der Waals surface area contributed by atoms with Gasteiger partial charge in [0.25, 0.3) is 5.56 Å². The van der Waals surface area contributed by atoms with E-state index >= 15 is 0 Å². The average molecular weight is 301 g/mol. The topological polar surface area (TPSA) is 64.4 Å². The van der Waals surface area contributed by atoms with Crippen LogP contribution in [0.2, 0.25) is 0 Å². The number of carbonyl (C=O) groups excluding carboxylic acids is 1. The summed E-state index contributed by atoms with van der Waals surface area (Å²) in [5, 5.41) is 0.642. The van der Waals surface area contributed by atoms with E-state index in [0.29, 0.717) is 18.5 Å². The quantitative estimate of drug-likeness (QED) is 0.854. The summed E-state index contributed by atoms with van der Waals surface area (Å²) in [4.78, 5) is 30.5. The fourth-order valence-electron chi connectivity index (χ4n) is 2.95. The lowest BCUT2D eigenvalue weighted by atomic mass is 10.0. The fourth-order valence-corrected chi connectivity index (χ4v) is 2.95. The van der Waals surface area contributed by atoms with Gasteiger partial charge >= 0.3 is 0 Å². The van der Waals surface area contributed by atoms with Crippen molar-refractivity contribution in [2.75, 3.05) is 26.8 Å². The number of aromatic nitrogens is 2. The summed E-state index contributed by atoms with van der Waals surface area (Å²) >= 11 is 0. The highest BCUT2D eigenvalue weighted by atomic mass is 16.5. The Bertz CT molecular complexity index is 733. The van der Waals surface area contributed by atoms with Gasteiger partial charge in [0, 0.05) is 26.2 Å². The van der Waals surface area contributed by atoms with Crippen LogP contribution in [0.15, 0.2) is 35.4 Å². The molecule has 3 rings (SSSR count). The van der Waals surface area contributed by atoms with Crippen molar-refractivity contribution in [3.63, 3.8) is 0 Å². The largest absolute Gasteiger partial charge is 0.375 e. The Labute approximate surface area is 128 Å². The van der Waals surface area contributed by atoms with Crippen LogP contribution in [0.4, 0.5) is 0 Å². The third-order valence-electron chi connectivity index (χ3n) is 4.17. The highest BCUT2D eigenvalue weighted by molar-refractivity contribution is 5.78. The third-order valence-corrected chi connectivity index (χ3v) is 4.17. The number of carbonyl (C=O) groups is 1. The van der Waals surface area contributed by atoms with Crippen LogP contribution in [0, 0.1) is 0 Å². The first-order valence-corrected chi connectivity index (χ1v) is 7.43. The zero-order chi connectivity index (χ0) is 15.5. The number of methoxy groups -OCH3 is 1. The smallest absolute Gasteiger partial charge is 0.261 e. The molecule has 1 amide bonds. The van der Waals surface area contributed by atoms with Crippen molar-refractivity contribution >= 4 is 16.8 Å². The summed E-state index contributed by atoms with van der Waals surface area (Å²) < 4.78 is 6.59. The van der Waals surface area contributed by atoms with Crippen molar-refractivity contribution in [3.05, 3.63) is 40.9 Å². The lowest BCUT2D eigenvalue weighted by molar-refractivity contribution is -0.136. The maximum atomic E-state index is 12.6. The number of hydrogen-bond donors (Lipinski definition) is 0. The number of benzene rings is 1.